The van der Waals surface area contributed by atoms with Crippen LogP contribution in [0.15, 0.2) is 29.3 Å². The van der Waals surface area contributed by atoms with Gasteiger partial charge in [-0.3, -0.25) is 9.79 Å². The maximum absolute atomic E-state index is 14.1. The number of carbonyl (C=O) groups is 1. The lowest BCUT2D eigenvalue weighted by Crippen LogP contribution is -2.56. The maximum atomic E-state index is 14.1. The molecule has 0 spiro atoms. The molecule has 0 amide bonds. The summed E-state index contributed by atoms with van der Waals surface area (Å²) in [6.07, 6.45) is -1.04. The fourth-order valence-electron chi connectivity index (χ4n) is 6.10. The van der Waals surface area contributed by atoms with Gasteiger partial charge in [-0.1, -0.05) is 24.3 Å². The zero-order valence-corrected chi connectivity index (χ0v) is 17.8. The highest BCUT2D eigenvalue weighted by atomic mass is 19.4. The van der Waals surface area contributed by atoms with Gasteiger partial charge < -0.3 is 4.74 Å². The van der Waals surface area contributed by atoms with Crippen LogP contribution in [-0.2, 0) is 16.1 Å². The molecule has 0 heterocycles. The van der Waals surface area contributed by atoms with Gasteiger partial charge in [0.25, 0.3) is 0 Å². The lowest BCUT2D eigenvalue weighted by atomic mass is 9.52. The van der Waals surface area contributed by atoms with Crippen LogP contribution < -0.4 is 0 Å². The van der Waals surface area contributed by atoms with Crippen molar-refractivity contribution in [3.63, 3.8) is 0 Å². The molecule has 3 nitrogen and oxygen atoms in total. The molecule has 4 saturated carbocycles. The van der Waals surface area contributed by atoms with Crippen LogP contribution in [0, 0.1) is 29.6 Å². The SMILES string of the molecule is CN=C(c1ccc(COC(=O)C2C3CC4CC(C3)CC2C4)cc1)C(F)(F)C(F)(F)C(F)(F)F. The van der Waals surface area contributed by atoms with Crippen molar-refractivity contribution in [2.24, 2.45) is 34.6 Å². The van der Waals surface area contributed by atoms with E-state index in [1.165, 1.54) is 18.6 Å². The molecule has 0 aromatic heterocycles. The van der Waals surface area contributed by atoms with Crippen molar-refractivity contribution in [2.75, 3.05) is 7.05 Å². The largest absolute Gasteiger partial charge is 0.461 e. The lowest BCUT2D eigenvalue weighted by Gasteiger charge is -2.53. The zero-order valence-electron chi connectivity index (χ0n) is 17.8. The molecule has 5 rings (SSSR count). The topological polar surface area (TPSA) is 38.7 Å². The Kier molecular flexibility index (Phi) is 6.02. The van der Waals surface area contributed by atoms with Gasteiger partial charge in [-0.05, 0) is 61.3 Å². The summed E-state index contributed by atoms with van der Waals surface area (Å²) in [6, 6.07) is 4.42. The third-order valence-corrected chi connectivity index (χ3v) is 7.38. The molecule has 4 aliphatic rings. The summed E-state index contributed by atoms with van der Waals surface area (Å²) < 4.78 is 98.0. The second-order valence-electron chi connectivity index (χ2n) is 9.48. The molecular weight excluding hydrogens is 455 g/mol. The lowest BCUT2D eigenvalue weighted by molar-refractivity contribution is -0.336. The Hall–Kier alpha value is -2.13. The van der Waals surface area contributed by atoms with E-state index >= 15 is 0 Å². The van der Waals surface area contributed by atoms with Gasteiger partial charge in [-0.2, -0.15) is 30.7 Å². The summed E-state index contributed by atoms with van der Waals surface area (Å²) in [5.74, 6) is -10.2. The van der Waals surface area contributed by atoms with Gasteiger partial charge in [0.2, 0.25) is 0 Å². The zero-order chi connectivity index (χ0) is 24.2. The fourth-order valence-corrected chi connectivity index (χ4v) is 6.10. The van der Waals surface area contributed by atoms with Crippen LogP contribution in [0.3, 0.4) is 0 Å². The van der Waals surface area contributed by atoms with Crippen LogP contribution in [0.5, 0.6) is 0 Å². The molecule has 4 aliphatic carbocycles. The summed E-state index contributed by atoms with van der Waals surface area (Å²) in [6.45, 7) is -0.143. The number of rotatable bonds is 6. The van der Waals surface area contributed by atoms with E-state index in [0.717, 1.165) is 44.9 Å². The van der Waals surface area contributed by atoms with E-state index in [1.807, 2.05) is 0 Å². The Morgan fingerprint density at radius 3 is 1.88 bits per heavy atom. The smallest absolute Gasteiger partial charge is 0.460 e. The van der Waals surface area contributed by atoms with E-state index in [4.69, 9.17) is 4.74 Å². The number of alkyl halides is 7. The molecule has 182 valence electrons. The molecule has 4 fully saturated rings. The number of hydrogen-bond acceptors (Lipinski definition) is 3. The summed E-state index contributed by atoms with van der Waals surface area (Å²) in [5, 5.41) is 0. The summed E-state index contributed by atoms with van der Waals surface area (Å²) in [4.78, 5) is 15.8. The Labute approximate surface area is 186 Å². The number of halogens is 7. The van der Waals surface area contributed by atoms with Crippen LogP contribution in [0.1, 0.15) is 43.2 Å². The molecule has 1 aromatic carbocycles. The van der Waals surface area contributed by atoms with Gasteiger partial charge in [0.1, 0.15) is 12.3 Å². The molecule has 10 heteroatoms. The van der Waals surface area contributed by atoms with Gasteiger partial charge in [0.05, 0.1) is 5.92 Å². The number of carbonyl (C=O) groups excluding carboxylic acids is 1. The number of ether oxygens (including phenoxy) is 1. The summed E-state index contributed by atoms with van der Waals surface area (Å²) in [7, 11) is 0.719. The third-order valence-electron chi connectivity index (χ3n) is 7.38. The minimum Gasteiger partial charge on any atom is -0.461 e. The molecule has 4 bridgehead atoms. The third kappa shape index (κ3) is 4.14. The molecule has 0 N–H and O–H groups in total. The highest BCUT2D eigenvalue weighted by Crippen LogP contribution is 2.56. The average Bonchev–Trinajstić information content (AvgIpc) is 2.71. The van der Waals surface area contributed by atoms with Crippen molar-refractivity contribution in [3.05, 3.63) is 35.4 Å². The van der Waals surface area contributed by atoms with E-state index in [0.29, 0.717) is 29.2 Å². The number of nitrogens with zero attached hydrogens (tertiary/aromatic N) is 1. The predicted octanol–water partition coefficient (Wildman–Crippen LogP) is 6.05. The van der Waals surface area contributed by atoms with Gasteiger partial charge in [-0.15, -0.1) is 0 Å². The van der Waals surface area contributed by atoms with Crippen LogP contribution in [0.4, 0.5) is 30.7 Å². The van der Waals surface area contributed by atoms with E-state index < -0.39 is 29.3 Å². The van der Waals surface area contributed by atoms with Crippen molar-refractivity contribution >= 4 is 11.7 Å². The minimum atomic E-state index is -6.45. The van der Waals surface area contributed by atoms with Crippen molar-refractivity contribution in [3.8, 4) is 0 Å². The van der Waals surface area contributed by atoms with E-state index in [-0.39, 0.29) is 18.5 Å². The van der Waals surface area contributed by atoms with Crippen LogP contribution in [-0.4, -0.2) is 36.8 Å². The molecule has 1 aromatic rings. The predicted molar refractivity (Wildman–Crippen MR) is 105 cm³/mol. The highest BCUT2D eigenvalue weighted by molar-refractivity contribution is 6.06. The first kappa shape index (κ1) is 24.0. The maximum Gasteiger partial charge on any atom is 0.460 e. The molecule has 0 atom stereocenters. The van der Waals surface area contributed by atoms with Crippen LogP contribution >= 0.6 is 0 Å². The number of hydrogen-bond donors (Lipinski definition) is 0. The highest BCUT2D eigenvalue weighted by Gasteiger charge is 2.74. The first-order valence-electron chi connectivity index (χ1n) is 10.9. The van der Waals surface area contributed by atoms with Gasteiger partial charge in [-0.25, -0.2) is 0 Å². The van der Waals surface area contributed by atoms with Gasteiger partial charge in [0, 0.05) is 12.6 Å². The Morgan fingerprint density at radius 1 is 0.909 bits per heavy atom. The average molecular weight is 479 g/mol. The Morgan fingerprint density at radius 2 is 1.42 bits per heavy atom. The van der Waals surface area contributed by atoms with E-state index in [2.05, 4.69) is 4.99 Å². The van der Waals surface area contributed by atoms with Crippen molar-refractivity contribution in [1.29, 1.82) is 0 Å². The van der Waals surface area contributed by atoms with E-state index in [1.54, 1.807) is 0 Å². The summed E-state index contributed by atoms with van der Waals surface area (Å²) >= 11 is 0. The van der Waals surface area contributed by atoms with Crippen LogP contribution in [0.25, 0.3) is 0 Å². The van der Waals surface area contributed by atoms with Crippen molar-refractivity contribution in [1.82, 2.24) is 0 Å². The number of esters is 1. The number of aliphatic imine (C=N–C) groups is 1. The monoisotopic (exact) mass is 479 g/mol. The van der Waals surface area contributed by atoms with Crippen LogP contribution in [0.2, 0.25) is 0 Å². The Balaban J connectivity index is 1.41. The molecule has 0 aliphatic heterocycles. The van der Waals surface area contributed by atoms with E-state index in [9.17, 15) is 35.5 Å². The number of benzene rings is 1. The molecule has 0 saturated heterocycles. The standard InChI is InChI=1S/C23H24F7NO2/c1-31-19(21(24,25)22(26,27)23(28,29)30)15-4-2-12(3-5-15)11-33-20(32)18-16-7-13-6-14(9-16)10-17(18)8-13/h2-5,13-14,16-18H,6-11H2,1H3. The Bertz CT molecular complexity index is 896. The van der Waals surface area contributed by atoms with Gasteiger partial charge >= 0.3 is 24.0 Å². The molecule has 0 unspecified atom stereocenters. The fraction of sp³-hybridized carbons (Fsp3) is 0.652. The molecular formula is C23H24F7NO2. The van der Waals surface area contributed by atoms with Gasteiger partial charge in [0.15, 0.2) is 0 Å². The first-order chi connectivity index (χ1) is 15.3. The molecule has 33 heavy (non-hydrogen) atoms. The van der Waals surface area contributed by atoms with Crippen molar-refractivity contribution < 1.29 is 40.3 Å². The minimum absolute atomic E-state index is 0.140. The quantitative estimate of drug-likeness (QED) is 0.283. The second-order valence-corrected chi connectivity index (χ2v) is 9.48. The molecule has 0 radical (unpaired) electrons. The summed E-state index contributed by atoms with van der Waals surface area (Å²) in [5.41, 5.74) is -1.86. The first-order valence-corrected chi connectivity index (χ1v) is 10.9. The normalized spacial score (nSPS) is 29.9. The second kappa shape index (κ2) is 8.27. The van der Waals surface area contributed by atoms with Crippen molar-refractivity contribution in [2.45, 2.75) is 56.7 Å².